The lowest BCUT2D eigenvalue weighted by Crippen LogP contribution is -2.47. The third-order valence-electron chi connectivity index (χ3n) is 2.35. The van der Waals surface area contributed by atoms with E-state index in [1.807, 2.05) is 5.32 Å². The van der Waals surface area contributed by atoms with E-state index in [0.29, 0.717) is 0 Å². The molecule has 0 aliphatic heterocycles. The predicted molar refractivity (Wildman–Crippen MR) is 59.3 cm³/mol. The minimum atomic E-state index is -4.47. The van der Waals surface area contributed by atoms with E-state index in [9.17, 15) is 22.8 Å². The summed E-state index contributed by atoms with van der Waals surface area (Å²) in [5, 5.41) is 13.1. The second-order valence-electron chi connectivity index (χ2n) is 4.35. The second-order valence-corrected chi connectivity index (χ2v) is 4.35. The Balaban J connectivity index is 2.34. The largest absolute Gasteiger partial charge is 0.401 e. The van der Waals surface area contributed by atoms with Crippen molar-refractivity contribution in [1.29, 1.82) is 0 Å². The summed E-state index contributed by atoms with van der Waals surface area (Å²) in [7, 11) is 0. The average molecular weight is 283 g/mol. The number of hydrogen-bond acceptors (Lipinski definition) is 4. The zero-order valence-corrected chi connectivity index (χ0v) is 10.2. The van der Waals surface area contributed by atoms with E-state index in [1.165, 1.54) is 0 Å². The molecule has 0 saturated heterocycles. The number of aliphatic hydroxyl groups excluding tert-OH is 1. The van der Waals surface area contributed by atoms with E-state index in [0.717, 1.165) is 17.7 Å². The quantitative estimate of drug-likeness (QED) is 0.632. The molecule has 0 bridgehead atoms. The Kier molecular flexibility index (Phi) is 5.55. The van der Waals surface area contributed by atoms with Crippen LogP contribution in [0.2, 0.25) is 0 Å². The van der Waals surface area contributed by atoms with Crippen LogP contribution in [-0.4, -0.2) is 60.4 Å². The Labute approximate surface area is 107 Å². The van der Waals surface area contributed by atoms with Crippen LogP contribution in [-0.2, 0) is 4.79 Å². The van der Waals surface area contributed by atoms with Gasteiger partial charge < -0.3 is 10.4 Å². The van der Waals surface area contributed by atoms with Gasteiger partial charge in [0, 0.05) is 12.6 Å². The molecule has 0 aromatic heterocycles. The van der Waals surface area contributed by atoms with Crippen molar-refractivity contribution in [1.82, 2.24) is 15.5 Å². The van der Waals surface area contributed by atoms with Crippen molar-refractivity contribution in [2.24, 2.45) is 0 Å². The van der Waals surface area contributed by atoms with Crippen molar-refractivity contribution in [2.75, 3.05) is 26.2 Å². The first-order valence-corrected chi connectivity index (χ1v) is 5.80. The molecule has 0 heterocycles. The number of carbonyl (C=O) groups excluding carboxylic acids is 2. The number of nitrogens with one attached hydrogen (secondary N) is 2. The minimum absolute atomic E-state index is 0.0523. The second kappa shape index (κ2) is 6.71. The molecule has 1 aliphatic carbocycles. The van der Waals surface area contributed by atoms with Gasteiger partial charge in [-0.2, -0.15) is 13.2 Å². The lowest BCUT2D eigenvalue weighted by Gasteiger charge is -2.21. The first kappa shape index (κ1) is 15.7. The molecule has 3 N–H and O–H groups in total. The fourth-order valence-corrected chi connectivity index (χ4v) is 1.43. The highest BCUT2D eigenvalue weighted by Crippen LogP contribution is 2.18. The fraction of sp³-hybridized carbons (Fsp3) is 0.800. The highest BCUT2D eigenvalue weighted by molar-refractivity contribution is 5.95. The third-order valence-corrected chi connectivity index (χ3v) is 2.35. The predicted octanol–water partition coefficient (Wildman–Crippen LogP) is -0.169. The molecule has 0 spiro atoms. The van der Waals surface area contributed by atoms with Crippen LogP contribution < -0.4 is 10.6 Å². The summed E-state index contributed by atoms with van der Waals surface area (Å²) >= 11 is 0. The molecule has 0 radical (unpaired) electrons. The number of urea groups is 1. The number of hydrogen-bond donors (Lipinski definition) is 3. The van der Waals surface area contributed by atoms with Crippen molar-refractivity contribution in [3.63, 3.8) is 0 Å². The zero-order valence-electron chi connectivity index (χ0n) is 10.2. The summed E-state index contributed by atoms with van der Waals surface area (Å²) in [6, 6.07) is -0.653. The summed E-state index contributed by atoms with van der Waals surface area (Å²) in [6.07, 6.45) is -2.79. The lowest BCUT2D eigenvalue weighted by molar-refractivity contribution is -0.149. The number of rotatable bonds is 6. The standard InChI is InChI=1S/C10H16F3N3O3/c11-10(12,13)6-16(3-4-17)5-8(18)15-9(19)14-7-1-2-7/h7,17H,1-6H2,(H2,14,15,18,19). The van der Waals surface area contributed by atoms with Gasteiger partial charge in [-0.1, -0.05) is 0 Å². The van der Waals surface area contributed by atoms with Crippen LogP contribution in [0.15, 0.2) is 0 Å². The molecule has 0 aromatic rings. The molecule has 19 heavy (non-hydrogen) atoms. The number of nitrogens with zero attached hydrogens (tertiary/aromatic N) is 1. The van der Waals surface area contributed by atoms with Gasteiger partial charge in [-0.15, -0.1) is 0 Å². The van der Waals surface area contributed by atoms with Crippen molar-refractivity contribution in [3.05, 3.63) is 0 Å². The van der Waals surface area contributed by atoms with Crippen LogP contribution >= 0.6 is 0 Å². The SMILES string of the molecule is O=C(CN(CCO)CC(F)(F)F)NC(=O)NC1CC1. The maximum atomic E-state index is 12.2. The van der Waals surface area contributed by atoms with Crippen molar-refractivity contribution < 1.29 is 27.9 Å². The summed E-state index contributed by atoms with van der Waals surface area (Å²) in [5.41, 5.74) is 0. The Hall–Kier alpha value is -1.35. The molecule has 1 rings (SSSR count). The van der Waals surface area contributed by atoms with Crippen molar-refractivity contribution >= 4 is 11.9 Å². The number of halogens is 3. The average Bonchev–Trinajstić information content (AvgIpc) is 2.98. The summed E-state index contributed by atoms with van der Waals surface area (Å²) < 4.78 is 36.6. The van der Waals surface area contributed by atoms with E-state index in [1.54, 1.807) is 0 Å². The molecule has 6 nitrogen and oxygen atoms in total. The van der Waals surface area contributed by atoms with Crippen LogP contribution in [0.4, 0.5) is 18.0 Å². The van der Waals surface area contributed by atoms with Gasteiger partial charge in [0.1, 0.15) is 0 Å². The van der Waals surface area contributed by atoms with Crippen molar-refractivity contribution in [2.45, 2.75) is 25.1 Å². The summed E-state index contributed by atoms with van der Waals surface area (Å²) in [6.45, 7) is -2.71. The third kappa shape index (κ3) is 7.62. The number of imide groups is 1. The van der Waals surface area contributed by atoms with E-state index >= 15 is 0 Å². The maximum absolute atomic E-state index is 12.2. The Morgan fingerprint density at radius 1 is 1.32 bits per heavy atom. The first-order chi connectivity index (χ1) is 8.80. The van der Waals surface area contributed by atoms with Gasteiger partial charge >= 0.3 is 12.2 Å². The van der Waals surface area contributed by atoms with E-state index in [4.69, 9.17) is 5.11 Å². The fourth-order valence-electron chi connectivity index (χ4n) is 1.43. The van der Waals surface area contributed by atoms with Crippen LogP contribution in [0.3, 0.4) is 0 Å². The monoisotopic (exact) mass is 283 g/mol. The van der Waals surface area contributed by atoms with Crippen LogP contribution in [0.25, 0.3) is 0 Å². The topological polar surface area (TPSA) is 81.7 Å². The Morgan fingerprint density at radius 3 is 2.42 bits per heavy atom. The molecule has 0 unspecified atom stereocenters. The molecule has 0 atom stereocenters. The van der Waals surface area contributed by atoms with Gasteiger partial charge in [0.25, 0.3) is 0 Å². The summed E-state index contributed by atoms with van der Waals surface area (Å²) in [5.74, 6) is -0.837. The van der Waals surface area contributed by atoms with Gasteiger partial charge in [0.2, 0.25) is 5.91 Å². The number of alkyl halides is 3. The molecule has 9 heteroatoms. The number of aliphatic hydroxyl groups is 1. The molecule has 1 aliphatic rings. The molecule has 3 amide bonds. The van der Waals surface area contributed by atoms with Crippen LogP contribution in [0.1, 0.15) is 12.8 Å². The Morgan fingerprint density at radius 2 is 1.95 bits per heavy atom. The Bertz CT molecular complexity index is 332. The first-order valence-electron chi connectivity index (χ1n) is 5.80. The molecule has 1 saturated carbocycles. The molecular weight excluding hydrogens is 267 g/mol. The summed E-state index contributed by atoms with van der Waals surface area (Å²) in [4.78, 5) is 23.3. The van der Waals surface area contributed by atoms with Gasteiger partial charge in [-0.25, -0.2) is 4.79 Å². The maximum Gasteiger partial charge on any atom is 0.401 e. The van der Waals surface area contributed by atoms with E-state index in [-0.39, 0.29) is 12.6 Å². The van der Waals surface area contributed by atoms with Gasteiger partial charge in [-0.3, -0.25) is 15.0 Å². The van der Waals surface area contributed by atoms with Gasteiger partial charge in [0.05, 0.1) is 19.7 Å². The van der Waals surface area contributed by atoms with E-state index in [2.05, 4.69) is 5.32 Å². The molecular formula is C10H16F3N3O3. The highest BCUT2D eigenvalue weighted by atomic mass is 19.4. The highest BCUT2D eigenvalue weighted by Gasteiger charge is 2.31. The molecule has 1 fully saturated rings. The van der Waals surface area contributed by atoms with Crippen LogP contribution in [0.5, 0.6) is 0 Å². The minimum Gasteiger partial charge on any atom is -0.395 e. The van der Waals surface area contributed by atoms with Gasteiger partial charge in [-0.05, 0) is 12.8 Å². The molecule has 0 aromatic carbocycles. The van der Waals surface area contributed by atoms with Crippen LogP contribution in [0, 0.1) is 0 Å². The van der Waals surface area contributed by atoms with E-state index < -0.39 is 37.8 Å². The number of carbonyl (C=O) groups is 2. The molecule has 110 valence electrons. The van der Waals surface area contributed by atoms with Gasteiger partial charge in [0.15, 0.2) is 0 Å². The van der Waals surface area contributed by atoms with Crippen molar-refractivity contribution in [3.8, 4) is 0 Å². The smallest absolute Gasteiger partial charge is 0.395 e. The number of amides is 3. The normalized spacial score (nSPS) is 15.4. The lowest BCUT2D eigenvalue weighted by atomic mass is 10.4. The zero-order chi connectivity index (χ0) is 14.5.